The second-order valence-electron chi connectivity index (χ2n) is 5.70. The second-order valence-corrected chi connectivity index (χ2v) is 5.70. The Balaban J connectivity index is 1.87. The van der Waals surface area contributed by atoms with Gasteiger partial charge in [0.25, 0.3) is 0 Å². The van der Waals surface area contributed by atoms with Crippen LogP contribution in [0.1, 0.15) is 44.2 Å². The Labute approximate surface area is 115 Å². The molecule has 0 spiro atoms. The van der Waals surface area contributed by atoms with Gasteiger partial charge in [-0.3, -0.25) is 4.57 Å². The maximum absolute atomic E-state index is 12.2. The van der Waals surface area contributed by atoms with Gasteiger partial charge < -0.3 is 10.3 Å². The van der Waals surface area contributed by atoms with E-state index in [0.29, 0.717) is 11.7 Å². The normalized spacial score (nSPS) is 15.3. The summed E-state index contributed by atoms with van der Waals surface area (Å²) in [5.74, 6) is 1.60. The minimum atomic E-state index is -0.667. The van der Waals surface area contributed by atoms with E-state index < -0.39 is 5.54 Å². The van der Waals surface area contributed by atoms with E-state index in [1.807, 2.05) is 0 Å². The van der Waals surface area contributed by atoms with Crippen LogP contribution in [0.4, 0.5) is 0 Å². The van der Waals surface area contributed by atoms with Gasteiger partial charge in [0.05, 0.1) is 5.54 Å². The van der Waals surface area contributed by atoms with Gasteiger partial charge in [0, 0.05) is 13.0 Å². The summed E-state index contributed by atoms with van der Waals surface area (Å²) in [6.45, 7) is 4.51. The van der Waals surface area contributed by atoms with Crippen molar-refractivity contribution in [3.05, 3.63) is 28.0 Å². The summed E-state index contributed by atoms with van der Waals surface area (Å²) in [6, 6.07) is 0. The van der Waals surface area contributed by atoms with Crippen molar-refractivity contribution in [2.45, 2.75) is 51.7 Å². The molecular weight excluding hydrogens is 260 g/mol. The Bertz CT molecular complexity index is 675. The van der Waals surface area contributed by atoms with Crippen LogP contribution in [0.2, 0.25) is 0 Å². The molecular formula is C12H18N6O2. The molecule has 0 saturated heterocycles. The number of fused-ring (bicyclic) bond motifs is 1. The van der Waals surface area contributed by atoms with Gasteiger partial charge in [-0.1, -0.05) is 5.16 Å². The first-order chi connectivity index (χ1) is 9.45. The number of nitrogens with two attached hydrogens (primary N) is 1. The van der Waals surface area contributed by atoms with Crippen LogP contribution < -0.4 is 11.4 Å². The number of hydrogen-bond donors (Lipinski definition) is 1. The molecule has 2 aromatic heterocycles. The fourth-order valence-corrected chi connectivity index (χ4v) is 2.26. The number of aryl methyl sites for hydroxylation is 1. The van der Waals surface area contributed by atoms with Crippen molar-refractivity contribution in [1.82, 2.24) is 24.5 Å². The zero-order valence-electron chi connectivity index (χ0n) is 11.7. The maximum Gasteiger partial charge on any atom is 0.346 e. The predicted octanol–water partition coefficient (Wildman–Crippen LogP) is 0.00620. The van der Waals surface area contributed by atoms with Crippen LogP contribution in [0.3, 0.4) is 0 Å². The standard InChI is InChI=1S/C12H18N6O2/c1-12(2,13)10-14-9(20-16-10)7-18-11(19)17-6-4-3-5-8(17)15-18/h3-7,13H2,1-2H3. The van der Waals surface area contributed by atoms with E-state index in [9.17, 15) is 4.79 Å². The van der Waals surface area contributed by atoms with Crippen molar-refractivity contribution in [2.24, 2.45) is 5.73 Å². The summed E-state index contributed by atoms with van der Waals surface area (Å²) in [7, 11) is 0. The molecule has 108 valence electrons. The lowest BCUT2D eigenvalue weighted by Crippen LogP contribution is -2.30. The number of nitrogens with zero attached hydrogens (tertiary/aromatic N) is 5. The Morgan fingerprint density at radius 3 is 2.85 bits per heavy atom. The molecule has 0 fully saturated rings. The highest BCUT2D eigenvalue weighted by molar-refractivity contribution is 4.99. The summed E-state index contributed by atoms with van der Waals surface area (Å²) in [5, 5.41) is 8.16. The number of rotatable bonds is 3. The molecule has 8 nitrogen and oxygen atoms in total. The molecule has 0 atom stereocenters. The fourth-order valence-electron chi connectivity index (χ4n) is 2.26. The van der Waals surface area contributed by atoms with Crippen molar-refractivity contribution in [2.75, 3.05) is 0 Å². The molecule has 0 radical (unpaired) electrons. The largest absolute Gasteiger partial charge is 0.346 e. The van der Waals surface area contributed by atoms with Gasteiger partial charge in [-0.05, 0) is 26.7 Å². The van der Waals surface area contributed by atoms with Crippen LogP contribution in [-0.4, -0.2) is 24.5 Å². The zero-order valence-corrected chi connectivity index (χ0v) is 11.7. The first kappa shape index (κ1) is 13.0. The lowest BCUT2D eigenvalue weighted by molar-refractivity contribution is 0.349. The fraction of sp³-hybridized carbons (Fsp3) is 0.667. The van der Waals surface area contributed by atoms with Crippen molar-refractivity contribution >= 4 is 0 Å². The molecule has 0 aliphatic carbocycles. The van der Waals surface area contributed by atoms with Crippen molar-refractivity contribution in [1.29, 1.82) is 0 Å². The number of hydrogen-bond acceptors (Lipinski definition) is 6. The summed E-state index contributed by atoms with van der Waals surface area (Å²) in [5.41, 5.74) is 5.11. The Morgan fingerprint density at radius 2 is 2.20 bits per heavy atom. The summed E-state index contributed by atoms with van der Waals surface area (Å²) < 4.78 is 8.22. The molecule has 0 saturated carbocycles. The van der Waals surface area contributed by atoms with E-state index in [1.165, 1.54) is 4.68 Å². The maximum atomic E-state index is 12.2. The third-order valence-corrected chi connectivity index (χ3v) is 3.36. The van der Waals surface area contributed by atoms with Gasteiger partial charge in [0.2, 0.25) is 5.89 Å². The molecule has 2 N–H and O–H groups in total. The van der Waals surface area contributed by atoms with Crippen molar-refractivity contribution in [3.63, 3.8) is 0 Å². The molecule has 0 unspecified atom stereocenters. The first-order valence-electron chi connectivity index (χ1n) is 6.73. The summed E-state index contributed by atoms with van der Waals surface area (Å²) >= 11 is 0. The summed E-state index contributed by atoms with van der Waals surface area (Å²) in [4.78, 5) is 16.4. The summed E-state index contributed by atoms with van der Waals surface area (Å²) in [6.07, 6.45) is 2.93. The highest BCUT2D eigenvalue weighted by atomic mass is 16.5. The molecule has 3 heterocycles. The minimum absolute atomic E-state index is 0.119. The molecule has 0 amide bonds. The van der Waals surface area contributed by atoms with Crippen LogP contribution in [0.25, 0.3) is 0 Å². The molecule has 1 aliphatic heterocycles. The van der Waals surface area contributed by atoms with Gasteiger partial charge >= 0.3 is 5.69 Å². The first-order valence-corrected chi connectivity index (χ1v) is 6.73. The average molecular weight is 278 g/mol. The molecule has 0 aromatic carbocycles. The van der Waals surface area contributed by atoms with E-state index in [0.717, 1.165) is 31.6 Å². The van der Waals surface area contributed by atoms with E-state index in [2.05, 4.69) is 15.2 Å². The van der Waals surface area contributed by atoms with Crippen molar-refractivity contribution in [3.8, 4) is 0 Å². The molecule has 3 rings (SSSR count). The van der Waals surface area contributed by atoms with Gasteiger partial charge in [-0.2, -0.15) is 10.1 Å². The Hall–Kier alpha value is -1.96. The molecule has 0 bridgehead atoms. The molecule has 1 aliphatic rings. The smallest absolute Gasteiger partial charge is 0.337 e. The molecule has 8 heteroatoms. The van der Waals surface area contributed by atoms with E-state index in [1.54, 1.807) is 18.4 Å². The van der Waals surface area contributed by atoms with Gasteiger partial charge in [0.15, 0.2) is 5.82 Å². The Kier molecular flexibility index (Phi) is 2.97. The highest BCUT2D eigenvalue weighted by Crippen LogP contribution is 2.13. The Morgan fingerprint density at radius 1 is 1.40 bits per heavy atom. The van der Waals surface area contributed by atoms with Crippen LogP contribution in [0.5, 0.6) is 0 Å². The van der Waals surface area contributed by atoms with Gasteiger partial charge in [-0.15, -0.1) is 0 Å². The van der Waals surface area contributed by atoms with Gasteiger partial charge in [-0.25, -0.2) is 9.48 Å². The molecule has 2 aromatic rings. The van der Waals surface area contributed by atoms with Crippen LogP contribution in [-0.2, 0) is 25.0 Å². The second kappa shape index (κ2) is 4.55. The highest BCUT2D eigenvalue weighted by Gasteiger charge is 2.23. The van der Waals surface area contributed by atoms with Crippen LogP contribution in [0.15, 0.2) is 9.32 Å². The quantitative estimate of drug-likeness (QED) is 0.847. The average Bonchev–Trinajstić information content (AvgIpc) is 2.97. The third-order valence-electron chi connectivity index (χ3n) is 3.36. The minimum Gasteiger partial charge on any atom is -0.337 e. The van der Waals surface area contributed by atoms with E-state index in [4.69, 9.17) is 10.3 Å². The monoisotopic (exact) mass is 278 g/mol. The molecule has 20 heavy (non-hydrogen) atoms. The van der Waals surface area contributed by atoms with Crippen LogP contribution >= 0.6 is 0 Å². The topological polar surface area (TPSA) is 105 Å². The predicted molar refractivity (Wildman–Crippen MR) is 70.0 cm³/mol. The lowest BCUT2D eigenvalue weighted by atomic mass is 10.1. The SMILES string of the molecule is CC(C)(N)c1noc(Cn2nc3n(c2=O)CCCC3)n1. The van der Waals surface area contributed by atoms with E-state index >= 15 is 0 Å². The van der Waals surface area contributed by atoms with Crippen molar-refractivity contribution < 1.29 is 4.52 Å². The zero-order chi connectivity index (χ0) is 14.3. The lowest BCUT2D eigenvalue weighted by Gasteiger charge is -2.11. The van der Waals surface area contributed by atoms with E-state index in [-0.39, 0.29) is 12.2 Å². The van der Waals surface area contributed by atoms with Gasteiger partial charge in [0.1, 0.15) is 12.4 Å². The third kappa shape index (κ3) is 2.26. The van der Waals surface area contributed by atoms with Crippen LogP contribution in [0, 0.1) is 0 Å². The number of aromatic nitrogens is 5.